The molecule has 0 aromatic heterocycles. The molecule has 2 heteroatoms. The van der Waals surface area contributed by atoms with Crippen LogP contribution in [0.2, 0.25) is 0 Å². The SMILES string of the molecule is C=CCN(c1ccccc1)[C@@H]1CCCCC[C@@H](NC)C1. The molecule has 1 saturated carbocycles. The Hall–Kier alpha value is -1.28. The van der Waals surface area contributed by atoms with Gasteiger partial charge in [-0.3, -0.25) is 0 Å². The molecule has 1 aromatic carbocycles. The second kappa shape index (κ2) is 8.11. The molecule has 0 aliphatic heterocycles. The summed E-state index contributed by atoms with van der Waals surface area (Å²) in [6.07, 6.45) is 9.95. The van der Waals surface area contributed by atoms with E-state index in [1.165, 1.54) is 44.2 Å². The molecule has 1 aliphatic rings. The van der Waals surface area contributed by atoms with Crippen LogP contribution in [-0.4, -0.2) is 25.7 Å². The second-order valence-electron chi connectivity index (χ2n) is 5.79. The van der Waals surface area contributed by atoms with Crippen molar-refractivity contribution in [1.82, 2.24) is 5.32 Å². The van der Waals surface area contributed by atoms with E-state index in [0.717, 1.165) is 6.54 Å². The number of rotatable bonds is 5. The van der Waals surface area contributed by atoms with Gasteiger partial charge in [-0.2, -0.15) is 0 Å². The molecule has 0 unspecified atom stereocenters. The van der Waals surface area contributed by atoms with E-state index >= 15 is 0 Å². The Kier molecular flexibility index (Phi) is 6.13. The summed E-state index contributed by atoms with van der Waals surface area (Å²) in [4.78, 5) is 2.53. The predicted octanol–water partition coefficient (Wildman–Crippen LogP) is 3.99. The van der Waals surface area contributed by atoms with Crippen molar-refractivity contribution in [2.45, 2.75) is 50.6 Å². The van der Waals surface area contributed by atoms with Crippen LogP contribution in [0.1, 0.15) is 38.5 Å². The monoisotopic (exact) mass is 272 g/mol. The summed E-state index contributed by atoms with van der Waals surface area (Å²) in [6, 6.07) is 12.1. The highest BCUT2D eigenvalue weighted by atomic mass is 15.2. The Morgan fingerprint density at radius 1 is 1.20 bits per heavy atom. The van der Waals surface area contributed by atoms with Gasteiger partial charge in [0, 0.05) is 24.3 Å². The molecule has 1 N–H and O–H groups in total. The van der Waals surface area contributed by atoms with Crippen molar-refractivity contribution in [1.29, 1.82) is 0 Å². The molecule has 110 valence electrons. The lowest BCUT2D eigenvalue weighted by Crippen LogP contribution is -2.41. The Labute approximate surface area is 123 Å². The van der Waals surface area contributed by atoms with Gasteiger partial charge in [0.25, 0.3) is 0 Å². The van der Waals surface area contributed by atoms with Gasteiger partial charge < -0.3 is 10.2 Å². The Morgan fingerprint density at radius 2 is 1.95 bits per heavy atom. The van der Waals surface area contributed by atoms with Crippen LogP contribution >= 0.6 is 0 Å². The predicted molar refractivity (Wildman–Crippen MR) is 88.3 cm³/mol. The zero-order valence-electron chi connectivity index (χ0n) is 12.7. The van der Waals surface area contributed by atoms with E-state index in [0.29, 0.717) is 12.1 Å². The zero-order chi connectivity index (χ0) is 14.2. The summed E-state index contributed by atoms with van der Waals surface area (Å²) in [5, 5.41) is 3.50. The number of hydrogen-bond donors (Lipinski definition) is 1. The third-order valence-electron chi connectivity index (χ3n) is 4.41. The molecule has 1 fully saturated rings. The molecule has 0 spiro atoms. The highest BCUT2D eigenvalue weighted by Crippen LogP contribution is 2.26. The molecule has 20 heavy (non-hydrogen) atoms. The van der Waals surface area contributed by atoms with Crippen LogP contribution in [0.5, 0.6) is 0 Å². The first-order valence-electron chi connectivity index (χ1n) is 7.95. The molecular formula is C18H28N2. The molecular weight excluding hydrogens is 244 g/mol. The van der Waals surface area contributed by atoms with E-state index in [1.807, 2.05) is 6.08 Å². The smallest absolute Gasteiger partial charge is 0.0371 e. The lowest BCUT2D eigenvalue weighted by molar-refractivity contribution is 0.366. The fraction of sp³-hybridized carbons (Fsp3) is 0.556. The third-order valence-corrected chi connectivity index (χ3v) is 4.41. The van der Waals surface area contributed by atoms with E-state index in [-0.39, 0.29) is 0 Å². The molecule has 1 aliphatic carbocycles. The van der Waals surface area contributed by atoms with Gasteiger partial charge in [0.1, 0.15) is 0 Å². The minimum absolute atomic E-state index is 0.619. The highest BCUT2D eigenvalue weighted by Gasteiger charge is 2.23. The lowest BCUT2D eigenvalue weighted by atomic mass is 9.91. The molecule has 0 amide bonds. The first kappa shape index (κ1) is 15.1. The number of nitrogens with one attached hydrogen (secondary N) is 1. The summed E-state index contributed by atoms with van der Waals surface area (Å²) >= 11 is 0. The van der Waals surface area contributed by atoms with E-state index in [1.54, 1.807) is 0 Å². The quantitative estimate of drug-likeness (QED) is 0.815. The highest BCUT2D eigenvalue weighted by molar-refractivity contribution is 5.47. The second-order valence-corrected chi connectivity index (χ2v) is 5.79. The zero-order valence-corrected chi connectivity index (χ0v) is 12.7. The summed E-state index contributed by atoms with van der Waals surface area (Å²) < 4.78 is 0. The van der Waals surface area contributed by atoms with Crippen molar-refractivity contribution < 1.29 is 0 Å². The minimum Gasteiger partial charge on any atom is -0.365 e. The van der Waals surface area contributed by atoms with E-state index in [4.69, 9.17) is 0 Å². The average Bonchev–Trinajstić information content (AvgIpc) is 2.46. The topological polar surface area (TPSA) is 15.3 Å². The molecule has 1 aromatic rings. The number of anilines is 1. The third kappa shape index (κ3) is 4.11. The maximum Gasteiger partial charge on any atom is 0.0371 e. The first-order valence-corrected chi connectivity index (χ1v) is 7.95. The molecule has 0 bridgehead atoms. The molecule has 0 heterocycles. The maximum absolute atomic E-state index is 3.94. The number of hydrogen-bond acceptors (Lipinski definition) is 2. The van der Waals surface area contributed by atoms with Crippen LogP contribution in [0.25, 0.3) is 0 Å². The van der Waals surface area contributed by atoms with Gasteiger partial charge in [0.15, 0.2) is 0 Å². The average molecular weight is 272 g/mol. The Bertz CT molecular complexity index is 388. The van der Waals surface area contributed by atoms with E-state index < -0.39 is 0 Å². The van der Waals surface area contributed by atoms with Crippen molar-refractivity contribution in [2.24, 2.45) is 0 Å². The summed E-state index contributed by atoms with van der Waals surface area (Å²) in [5.41, 5.74) is 1.33. The van der Waals surface area contributed by atoms with Gasteiger partial charge in [0.2, 0.25) is 0 Å². The van der Waals surface area contributed by atoms with Crippen LogP contribution in [0, 0.1) is 0 Å². The first-order chi connectivity index (χ1) is 9.85. The summed E-state index contributed by atoms with van der Waals surface area (Å²) in [5.74, 6) is 0. The van der Waals surface area contributed by atoms with Gasteiger partial charge in [-0.15, -0.1) is 6.58 Å². The lowest BCUT2D eigenvalue weighted by Gasteiger charge is -2.36. The number of benzene rings is 1. The van der Waals surface area contributed by atoms with Gasteiger partial charge in [-0.25, -0.2) is 0 Å². The van der Waals surface area contributed by atoms with Crippen molar-refractivity contribution in [3.05, 3.63) is 43.0 Å². The summed E-state index contributed by atoms with van der Waals surface area (Å²) in [6.45, 7) is 4.88. The van der Waals surface area contributed by atoms with E-state index in [2.05, 4.69) is 54.2 Å². The van der Waals surface area contributed by atoms with Gasteiger partial charge in [0.05, 0.1) is 0 Å². The molecule has 0 radical (unpaired) electrons. The Morgan fingerprint density at radius 3 is 2.65 bits per heavy atom. The number of nitrogens with zero attached hydrogens (tertiary/aromatic N) is 1. The van der Waals surface area contributed by atoms with Crippen LogP contribution in [0.4, 0.5) is 5.69 Å². The fourth-order valence-corrected chi connectivity index (χ4v) is 3.28. The van der Waals surface area contributed by atoms with Crippen LogP contribution in [-0.2, 0) is 0 Å². The minimum atomic E-state index is 0.619. The van der Waals surface area contributed by atoms with E-state index in [9.17, 15) is 0 Å². The summed E-state index contributed by atoms with van der Waals surface area (Å²) in [7, 11) is 2.10. The molecule has 0 saturated heterocycles. The van der Waals surface area contributed by atoms with Gasteiger partial charge in [-0.05, 0) is 38.4 Å². The normalized spacial score (nSPS) is 23.6. The van der Waals surface area contributed by atoms with Crippen molar-refractivity contribution in [3.63, 3.8) is 0 Å². The van der Waals surface area contributed by atoms with Gasteiger partial charge in [-0.1, -0.05) is 43.5 Å². The number of para-hydroxylation sites is 1. The van der Waals surface area contributed by atoms with Crippen molar-refractivity contribution >= 4 is 5.69 Å². The van der Waals surface area contributed by atoms with Crippen LogP contribution < -0.4 is 10.2 Å². The molecule has 2 atom stereocenters. The maximum atomic E-state index is 3.94. The fourth-order valence-electron chi connectivity index (χ4n) is 3.28. The van der Waals surface area contributed by atoms with Crippen LogP contribution in [0.3, 0.4) is 0 Å². The standard InChI is InChI=1S/C18H28N2/c1-3-14-20(17-11-7-5-8-12-17)18-13-9-4-6-10-16(15-18)19-2/h3,5,7-8,11-12,16,18-19H,1,4,6,9-10,13-15H2,2H3/t16-,18-/m1/s1. The Balaban J connectivity index is 2.15. The van der Waals surface area contributed by atoms with Crippen LogP contribution in [0.15, 0.2) is 43.0 Å². The molecule has 2 nitrogen and oxygen atoms in total. The largest absolute Gasteiger partial charge is 0.365 e. The van der Waals surface area contributed by atoms with Gasteiger partial charge >= 0.3 is 0 Å². The molecule has 2 rings (SSSR count). The van der Waals surface area contributed by atoms with Crippen molar-refractivity contribution in [3.8, 4) is 0 Å². The van der Waals surface area contributed by atoms with Crippen molar-refractivity contribution in [2.75, 3.05) is 18.5 Å².